The molecule has 2 rings (SSSR count). The summed E-state index contributed by atoms with van der Waals surface area (Å²) in [5, 5.41) is 0. The molecule has 1 heterocycles. The van der Waals surface area contributed by atoms with Gasteiger partial charge in [0.25, 0.3) is 0 Å². The van der Waals surface area contributed by atoms with E-state index in [0.717, 1.165) is 18.7 Å². The first-order valence-electron chi connectivity index (χ1n) is 4.97. The van der Waals surface area contributed by atoms with E-state index in [-0.39, 0.29) is 0 Å². The minimum absolute atomic E-state index is 0.809. The van der Waals surface area contributed by atoms with Crippen LogP contribution in [0.1, 0.15) is 11.3 Å². The number of rotatable bonds is 4. The van der Waals surface area contributed by atoms with E-state index in [4.69, 9.17) is 0 Å². The van der Waals surface area contributed by atoms with Gasteiger partial charge in [0, 0.05) is 12.8 Å². The Labute approximate surface area is 88.9 Å². The van der Waals surface area contributed by atoms with Crippen molar-refractivity contribution in [2.75, 3.05) is 6.54 Å². The molecule has 3 heteroatoms. The second-order valence-corrected chi connectivity index (χ2v) is 3.28. The van der Waals surface area contributed by atoms with Crippen molar-refractivity contribution in [1.29, 1.82) is 0 Å². The largest absolute Gasteiger partial charge is 0.344 e. The molecule has 0 bridgehead atoms. The zero-order chi connectivity index (χ0) is 10.3. The molecule has 0 saturated carbocycles. The fourth-order valence-electron chi connectivity index (χ4n) is 1.34. The van der Waals surface area contributed by atoms with Gasteiger partial charge in [-0.25, -0.2) is 4.98 Å². The Kier molecular flexibility index (Phi) is 3.28. The minimum Gasteiger partial charge on any atom is -0.344 e. The van der Waals surface area contributed by atoms with E-state index < -0.39 is 0 Å². The molecule has 3 nitrogen and oxygen atoms in total. The maximum absolute atomic E-state index is 4.31. The van der Waals surface area contributed by atoms with Crippen LogP contribution in [0.4, 0.5) is 0 Å². The molecule has 0 unspecified atom stereocenters. The fraction of sp³-hybridized carbons (Fsp3) is 0.167. The van der Waals surface area contributed by atoms with Crippen LogP contribution in [0.2, 0.25) is 0 Å². The van der Waals surface area contributed by atoms with Gasteiger partial charge in [0.2, 0.25) is 0 Å². The maximum atomic E-state index is 4.31. The Balaban J connectivity index is 1.80. The lowest BCUT2D eigenvalue weighted by Crippen LogP contribution is -1.90. The molecule has 0 spiro atoms. The average molecular weight is 199 g/mol. The normalized spacial score (nSPS) is 10.9. The first-order chi connectivity index (χ1) is 7.45. The Morgan fingerprint density at radius 1 is 1.27 bits per heavy atom. The third-order valence-corrected chi connectivity index (χ3v) is 2.12. The Bertz CT molecular complexity index is 404. The van der Waals surface area contributed by atoms with Crippen LogP contribution in [0.3, 0.4) is 0 Å². The summed E-state index contributed by atoms with van der Waals surface area (Å²) in [6, 6.07) is 10.4. The zero-order valence-electron chi connectivity index (χ0n) is 8.43. The number of H-pyrrole nitrogens is 1. The van der Waals surface area contributed by atoms with Gasteiger partial charge in [-0.1, -0.05) is 30.3 Å². The second kappa shape index (κ2) is 5.10. The molecule has 1 N–H and O–H groups in total. The van der Waals surface area contributed by atoms with Crippen LogP contribution in [-0.2, 0) is 6.42 Å². The molecule has 0 atom stereocenters. The van der Waals surface area contributed by atoms with Crippen molar-refractivity contribution >= 4 is 6.21 Å². The number of aromatic nitrogens is 2. The van der Waals surface area contributed by atoms with Gasteiger partial charge in [-0.2, -0.15) is 0 Å². The highest BCUT2D eigenvalue weighted by molar-refractivity contribution is 5.76. The number of benzene rings is 1. The molecular weight excluding hydrogens is 186 g/mol. The Morgan fingerprint density at radius 2 is 2.13 bits per heavy atom. The highest BCUT2D eigenvalue weighted by Crippen LogP contribution is 1.99. The number of hydrogen-bond acceptors (Lipinski definition) is 2. The van der Waals surface area contributed by atoms with Crippen molar-refractivity contribution in [2.45, 2.75) is 6.42 Å². The monoisotopic (exact) mass is 199 g/mol. The number of imidazole rings is 1. The quantitative estimate of drug-likeness (QED) is 0.752. The van der Waals surface area contributed by atoms with Gasteiger partial charge < -0.3 is 4.98 Å². The highest BCUT2D eigenvalue weighted by atomic mass is 14.9. The number of nitrogens with zero attached hydrogens (tertiary/aromatic N) is 2. The number of aliphatic imine (C=N–C) groups is 1. The van der Waals surface area contributed by atoms with E-state index in [1.165, 1.54) is 5.56 Å². The summed E-state index contributed by atoms with van der Waals surface area (Å²) in [6.07, 6.45) is 6.20. The average Bonchev–Trinajstić information content (AvgIpc) is 2.79. The summed E-state index contributed by atoms with van der Waals surface area (Å²) in [7, 11) is 0. The summed E-state index contributed by atoms with van der Waals surface area (Å²) >= 11 is 0. The summed E-state index contributed by atoms with van der Waals surface area (Å²) in [4.78, 5) is 11.2. The molecule has 0 aliphatic heterocycles. The van der Waals surface area contributed by atoms with E-state index in [0.29, 0.717) is 0 Å². The topological polar surface area (TPSA) is 41.0 Å². The molecule has 1 aromatic carbocycles. The molecule has 0 amide bonds. The SMILES string of the molecule is C(=NCCc1ccccc1)c1cnc[nH]1. The Hall–Kier alpha value is -1.90. The third-order valence-electron chi connectivity index (χ3n) is 2.12. The lowest BCUT2D eigenvalue weighted by Gasteiger charge is -1.95. The molecule has 0 saturated heterocycles. The van der Waals surface area contributed by atoms with Crippen molar-refractivity contribution in [3.05, 3.63) is 54.1 Å². The van der Waals surface area contributed by atoms with Gasteiger partial charge in [-0.05, 0) is 12.0 Å². The lowest BCUT2D eigenvalue weighted by atomic mass is 10.2. The first kappa shape index (κ1) is 9.65. The van der Waals surface area contributed by atoms with Crippen molar-refractivity contribution in [1.82, 2.24) is 9.97 Å². The molecular formula is C12H13N3. The van der Waals surface area contributed by atoms with Gasteiger partial charge in [-0.3, -0.25) is 4.99 Å². The zero-order valence-corrected chi connectivity index (χ0v) is 8.43. The number of nitrogens with one attached hydrogen (secondary N) is 1. The third kappa shape index (κ3) is 3.06. The predicted molar refractivity (Wildman–Crippen MR) is 61.2 cm³/mol. The molecule has 0 radical (unpaired) electrons. The smallest absolute Gasteiger partial charge is 0.0924 e. The van der Waals surface area contributed by atoms with Gasteiger partial charge >= 0.3 is 0 Å². The number of hydrogen-bond donors (Lipinski definition) is 1. The molecule has 0 aliphatic rings. The van der Waals surface area contributed by atoms with Crippen LogP contribution in [0.15, 0.2) is 47.8 Å². The van der Waals surface area contributed by atoms with Gasteiger partial charge in [0.15, 0.2) is 0 Å². The second-order valence-electron chi connectivity index (χ2n) is 3.28. The molecule has 0 aliphatic carbocycles. The molecule has 2 aromatic rings. The van der Waals surface area contributed by atoms with Gasteiger partial charge in [0.1, 0.15) is 0 Å². The van der Waals surface area contributed by atoms with Crippen LogP contribution in [-0.4, -0.2) is 22.7 Å². The Morgan fingerprint density at radius 3 is 2.87 bits per heavy atom. The van der Waals surface area contributed by atoms with E-state index in [1.54, 1.807) is 12.5 Å². The first-order valence-corrected chi connectivity index (χ1v) is 4.97. The standard InChI is InChI=1S/C12H13N3/c1-2-4-11(5-3-1)6-7-13-8-12-9-14-10-15-12/h1-5,8-10H,6-7H2,(H,14,15). The molecule has 76 valence electrons. The van der Waals surface area contributed by atoms with E-state index in [1.807, 2.05) is 24.4 Å². The van der Waals surface area contributed by atoms with Gasteiger partial charge in [-0.15, -0.1) is 0 Å². The fourth-order valence-corrected chi connectivity index (χ4v) is 1.34. The van der Waals surface area contributed by atoms with Crippen LogP contribution in [0.25, 0.3) is 0 Å². The number of aromatic amines is 1. The minimum atomic E-state index is 0.809. The van der Waals surface area contributed by atoms with Crippen LogP contribution < -0.4 is 0 Å². The van der Waals surface area contributed by atoms with Crippen molar-refractivity contribution in [3.63, 3.8) is 0 Å². The van der Waals surface area contributed by atoms with Crippen LogP contribution in [0, 0.1) is 0 Å². The highest BCUT2D eigenvalue weighted by Gasteiger charge is 1.89. The van der Waals surface area contributed by atoms with Crippen molar-refractivity contribution in [2.24, 2.45) is 4.99 Å². The summed E-state index contributed by atoms with van der Waals surface area (Å²) in [5.41, 5.74) is 2.27. The van der Waals surface area contributed by atoms with E-state index in [2.05, 4.69) is 27.1 Å². The van der Waals surface area contributed by atoms with Crippen molar-refractivity contribution in [3.8, 4) is 0 Å². The summed E-state index contributed by atoms with van der Waals surface area (Å²) in [6.45, 7) is 0.809. The maximum Gasteiger partial charge on any atom is 0.0924 e. The summed E-state index contributed by atoms with van der Waals surface area (Å²) in [5.74, 6) is 0. The predicted octanol–water partition coefficient (Wildman–Crippen LogP) is 2.07. The molecule has 15 heavy (non-hydrogen) atoms. The summed E-state index contributed by atoms with van der Waals surface area (Å²) < 4.78 is 0. The molecule has 0 fully saturated rings. The van der Waals surface area contributed by atoms with Crippen LogP contribution >= 0.6 is 0 Å². The van der Waals surface area contributed by atoms with Crippen LogP contribution in [0.5, 0.6) is 0 Å². The van der Waals surface area contributed by atoms with Gasteiger partial charge in [0.05, 0.1) is 18.2 Å². The van der Waals surface area contributed by atoms with Crippen molar-refractivity contribution < 1.29 is 0 Å². The van der Waals surface area contributed by atoms with E-state index in [9.17, 15) is 0 Å². The van der Waals surface area contributed by atoms with E-state index >= 15 is 0 Å². The molecule has 1 aromatic heterocycles. The lowest BCUT2D eigenvalue weighted by molar-refractivity contribution is 0.972.